The van der Waals surface area contributed by atoms with E-state index in [9.17, 15) is 18.4 Å². The average Bonchev–Trinajstić information content (AvgIpc) is 2.93. The number of hydrogen-bond donors (Lipinski definition) is 3. The number of carbonyl (C=O) groups is 2. The minimum atomic E-state index is -0.709. The number of hydrogen-bond acceptors (Lipinski definition) is 7. The number of urea groups is 1. The second-order valence-corrected chi connectivity index (χ2v) is 9.95. The standard InChI is InChI=1S/C28H31F2N7O3S/c1-3-37(21-10-12-36(2)13-11-21)28(39)34-24-16-26(32-17-31-24)40-23-9-8-20(15-22(23)30)33-27(41)35-25(38)14-18-4-6-19(29)7-5-18/h4-9,15-17,21H,3,10-14H2,1-2H3,(H,31,32,34,39)(H2,33,35,38,41). The monoisotopic (exact) mass is 583 g/mol. The molecule has 0 spiro atoms. The van der Waals surface area contributed by atoms with Crippen LogP contribution in [0, 0.1) is 11.6 Å². The molecule has 2 heterocycles. The minimum Gasteiger partial charge on any atom is -0.436 e. The van der Waals surface area contributed by atoms with Gasteiger partial charge in [0.1, 0.15) is 18.0 Å². The second kappa shape index (κ2) is 13.9. The number of halogens is 2. The molecule has 1 aromatic heterocycles. The number of rotatable bonds is 8. The van der Waals surface area contributed by atoms with Crippen LogP contribution < -0.4 is 20.7 Å². The van der Waals surface area contributed by atoms with Crippen LogP contribution in [0.1, 0.15) is 25.3 Å². The number of thiocarbonyl (C=S) groups is 1. The van der Waals surface area contributed by atoms with Crippen LogP contribution >= 0.6 is 12.2 Å². The van der Waals surface area contributed by atoms with E-state index in [1.807, 2.05) is 6.92 Å². The molecular weight excluding hydrogens is 552 g/mol. The summed E-state index contributed by atoms with van der Waals surface area (Å²) < 4.78 is 33.4. The SMILES string of the molecule is CCN(C(=O)Nc1cc(Oc2ccc(NC(=S)NC(=O)Cc3ccc(F)cc3)cc2F)ncn1)C1CCN(C)CC1. The number of aromatic nitrogens is 2. The van der Waals surface area contributed by atoms with Crippen LogP contribution in [0.25, 0.3) is 0 Å². The van der Waals surface area contributed by atoms with Crippen molar-refractivity contribution in [2.75, 3.05) is 37.3 Å². The van der Waals surface area contributed by atoms with Crippen LogP contribution in [0.15, 0.2) is 54.9 Å². The predicted octanol–water partition coefficient (Wildman–Crippen LogP) is 4.55. The zero-order valence-corrected chi connectivity index (χ0v) is 23.5. The van der Waals surface area contributed by atoms with Gasteiger partial charge in [0.05, 0.1) is 6.42 Å². The molecule has 1 saturated heterocycles. The van der Waals surface area contributed by atoms with E-state index >= 15 is 0 Å². The lowest BCUT2D eigenvalue weighted by Gasteiger charge is -2.36. The van der Waals surface area contributed by atoms with E-state index in [1.165, 1.54) is 48.8 Å². The summed E-state index contributed by atoms with van der Waals surface area (Å²) in [5.41, 5.74) is 0.901. The van der Waals surface area contributed by atoms with Gasteiger partial charge < -0.3 is 25.2 Å². The molecule has 2 aromatic carbocycles. The Morgan fingerprint density at radius 2 is 1.80 bits per heavy atom. The van der Waals surface area contributed by atoms with Crippen molar-refractivity contribution in [2.45, 2.75) is 32.2 Å². The molecule has 4 rings (SSSR count). The molecule has 216 valence electrons. The van der Waals surface area contributed by atoms with E-state index in [-0.39, 0.29) is 46.7 Å². The lowest BCUT2D eigenvalue weighted by atomic mass is 10.0. The molecule has 0 saturated carbocycles. The summed E-state index contributed by atoms with van der Waals surface area (Å²) in [6.45, 7) is 4.35. The summed E-state index contributed by atoms with van der Waals surface area (Å²) in [5, 5.41) is 7.99. The Morgan fingerprint density at radius 1 is 1.07 bits per heavy atom. The first-order valence-corrected chi connectivity index (χ1v) is 13.5. The molecule has 0 bridgehead atoms. The molecule has 13 heteroatoms. The summed E-state index contributed by atoms with van der Waals surface area (Å²) in [6, 6.07) is 10.9. The molecule has 1 aliphatic rings. The zero-order chi connectivity index (χ0) is 29.4. The summed E-state index contributed by atoms with van der Waals surface area (Å²) in [4.78, 5) is 37.3. The molecule has 3 amide bonds. The molecule has 1 fully saturated rings. The number of piperidine rings is 1. The molecule has 0 unspecified atom stereocenters. The van der Waals surface area contributed by atoms with Crippen molar-refractivity contribution in [3.63, 3.8) is 0 Å². The van der Waals surface area contributed by atoms with Gasteiger partial charge in [0, 0.05) is 30.4 Å². The van der Waals surface area contributed by atoms with E-state index in [0.717, 1.165) is 32.0 Å². The van der Waals surface area contributed by atoms with Crippen molar-refractivity contribution in [2.24, 2.45) is 0 Å². The fraction of sp³-hybridized carbons (Fsp3) is 0.321. The summed E-state index contributed by atoms with van der Waals surface area (Å²) in [6.07, 6.45) is 3.01. The number of benzene rings is 2. The highest BCUT2D eigenvalue weighted by atomic mass is 32.1. The Balaban J connectivity index is 1.31. The smallest absolute Gasteiger partial charge is 0.323 e. The van der Waals surface area contributed by atoms with E-state index in [1.54, 1.807) is 4.90 Å². The van der Waals surface area contributed by atoms with Gasteiger partial charge >= 0.3 is 6.03 Å². The quantitative estimate of drug-likeness (QED) is 0.331. The Kier molecular flexibility index (Phi) is 10.1. The van der Waals surface area contributed by atoms with Gasteiger partial charge in [-0.05, 0) is 81.9 Å². The van der Waals surface area contributed by atoms with E-state index < -0.39 is 17.5 Å². The van der Waals surface area contributed by atoms with Crippen molar-refractivity contribution < 1.29 is 23.1 Å². The van der Waals surface area contributed by atoms with E-state index in [0.29, 0.717) is 12.1 Å². The van der Waals surface area contributed by atoms with Gasteiger partial charge in [-0.25, -0.2) is 23.5 Å². The lowest BCUT2D eigenvalue weighted by Crippen LogP contribution is -2.48. The molecule has 1 aliphatic heterocycles. The largest absolute Gasteiger partial charge is 0.436 e. The maximum Gasteiger partial charge on any atom is 0.323 e. The molecule has 0 atom stereocenters. The third-order valence-corrected chi connectivity index (χ3v) is 6.75. The molecule has 0 aliphatic carbocycles. The third-order valence-electron chi connectivity index (χ3n) is 6.54. The van der Waals surface area contributed by atoms with Crippen molar-refractivity contribution in [1.82, 2.24) is 25.1 Å². The van der Waals surface area contributed by atoms with Crippen LogP contribution in [-0.4, -0.2) is 69.5 Å². The number of ether oxygens (including phenoxy) is 1. The first-order chi connectivity index (χ1) is 19.7. The van der Waals surface area contributed by atoms with Gasteiger partial charge in [0.25, 0.3) is 0 Å². The second-order valence-electron chi connectivity index (χ2n) is 9.54. The number of carbonyl (C=O) groups excluding carboxylic acids is 2. The van der Waals surface area contributed by atoms with Gasteiger partial charge in [-0.2, -0.15) is 0 Å². The summed E-state index contributed by atoms with van der Waals surface area (Å²) in [5.74, 6) is -1.35. The van der Waals surface area contributed by atoms with Gasteiger partial charge in [0.2, 0.25) is 11.8 Å². The Morgan fingerprint density at radius 3 is 2.49 bits per heavy atom. The van der Waals surface area contributed by atoms with Gasteiger partial charge in [-0.15, -0.1) is 0 Å². The normalized spacial score (nSPS) is 13.8. The third kappa shape index (κ3) is 8.63. The predicted molar refractivity (Wildman–Crippen MR) is 155 cm³/mol. The van der Waals surface area contributed by atoms with Crippen LogP contribution in [0.3, 0.4) is 0 Å². The minimum absolute atomic E-state index is 0.000726. The first-order valence-electron chi connectivity index (χ1n) is 13.1. The fourth-order valence-electron chi connectivity index (χ4n) is 4.41. The molecule has 0 radical (unpaired) electrons. The molecule has 41 heavy (non-hydrogen) atoms. The highest BCUT2D eigenvalue weighted by Gasteiger charge is 2.26. The molecular formula is C28H31F2N7O3S. The van der Waals surface area contributed by atoms with Crippen molar-refractivity contribution in [3.05, 3.63) is 72.1 Å². The maximum atomic E-state index is 14.8. The lowest BCUT2D eigenvalue weighted by molar-refractivity contribution is -0.119. The van der Waals surface area contributed by atoms with Crippen molar-refractivity contribution in [3.8, 4) is 11.6 Å². The zero-order valence-electron chi connectivity index (χ0n) is 22.7. The number of amides is 3. The maximum absolute atomic E-state index is 14.8. The Hall–Kier alpha value is -4.23. The van der Waals surface area contributed by atoms with Crippen LogP contribution in [-0.2, 0) is 11.2 Å². The fourth-order valence-corrected chi connectivity index (χ4v) is 4.65. The topological polar surface area (TPSA) is 112 Å². The van der Waals surface area contributed by atoms with Crippen LogP contribution in [0.4, 0.5) is 25.1 Å². The van der Waals surface area contributed by atoms with E-state index in [4.69, 9.17) is 17.0 Å². The highest BCUT2D eigenvalue weighted by molar-refractivity contribution is 7.80. The number of likely N-dealkylation sites (tertiary alicyclic amines) is 1. The van der Waals surface area contributed by atoms with Crippen molar-refractivity contribution in [1.29, 1.82) is 0 Å². The molecule has 3 N–H and O–H groups in total. The summed E-state index contributed by atoms with van der Waals surface area (Å²) >= 11 is 5.14. The highest BCUT2D eigenvalue weighted by Crippen LogP contribution is 2.26. The van der Waals surface area contributed by atoms with Crippen molar-refractivity contribution >= 4 is 40.8 Å². The number of nitrogens with one attached hydrogen (secondary N) is 3. The van der Waals surface area contributed by atoms with Gasteiger partial charge in [-0.1, -0.05) is 12.1 Å². The van der Waals surface area contributed by atoms with E-state index in [2.05, 4.69) is 37.9 Å². The summed E-state index contributed by atoms with van der Waals surface area (Å²) in [7, 11) is 2.07. The van der Waals surface area contributed by atoms with Crippen LogP contribution in [0.2, 0.25) is 0 Å². The van der Waals surface area contributed by atoms with Gasteiger partial charge in [-0.3, -0.25) is 10.1 Å². The Labute approximate surface area is 242 Å². The average molecular weight is 584 g/mol. The van der Waals surface area contributed by atoms with Gasteiger partial charge in [0.15, 0.2) is 16.7 Å². The number of nitrogens with zero attached hydrogens (tertiary/aromatic N) is 4. The Bertz CT molecular complexity index is 1390. The molecule has 3 aromatic rings. The first kappa shape index (κ1) is 29.7. The number of anilines is 2. The molecule has 10 nitrogen and oxygen atoms in total. The van der Waals surface area contributed by atoms with Crippen LogP contribution in [0.5, 0.6) is 11.6 Å².